The first-order valence-electron chi connectivity index (χ1n) is 7.01. The van der Waals surface area contributed by atoms with Crippen LogP contribution in [0.4, 0.5) is 0 Å². The molecule has 2 nitrogen and oxygen atoms in total. The molecule has 0 aliphatic rings. The van der Waals surface area contributed by atoms with Gasteiger partial charge < -0.3 is 5.73 Å². The Kier molecular flexibility index (Phi) is 5.23. The van der Waals surface area contributed by atoms with Crippen LogP contribution in [0.15, 0.2) is 35.4 Å². The Morgan fingerprint density at radius 3 is 2.79 bits per heavy atom. The van der Waals surface area contributed by atoms with E-state index in [1.807, 2.05) is 17.8 Å². The number of para-hydroxylation sites is 1. The van der Waals surface area contributed by atoms with Gasteiger partial charge in [-0.3, -0.25) is 0 Å². The van der Waals surface area contributed by atoms with Crippen molar-refractivity contribution < 1.29 is 0 Å². The van der Waals surface area contributed by atoms with E-state index in [9.17, 15) is 0 Å². The van der Waals surface area contributed by atoms with Crippen LogP contribution in [0.3, 0.4) is 0 Å². The van der Waals surface area contributed by atoms with E-state index in [4.69, 9.17) is 10.7 Å². The molecule has 1 heterocycles. The number of rotatable bonds is 6. The van der Waals surface area contributed by atoms with Crippen LogP contribution in [0.1, 0.15) is 32.3 Å². The van der Waals surface area contributed by atoms with Crippen LogP contribution in [0, 0.1) is 0 Å². The van der Waals surface area contributed by atoms with Crippen molar-refractivity contribution in [3.63, 3.8) is 0 Å². The summed E-state index contributed by atoms with van der Waals surface area (Å²) in [5.74, 6) is 1.11. The zero-order valence-electron chi connectivity index (χ0n) is 11.7. The lowest BCUT2D eigenvalue weighted by molar-refractivity contribution is 0.638. The van der Waals surface area contributed by atoms with Gasteiger partial charge in [-0.05, 0) is 42.7 Å². The topological polar surface area (TPSA) is 38.9 Å². The molecular weight excluding hydrogens is 252 g/mol. The van der Waals surface area contributed by atoms with Gasteiger partial charge in [0.1, 0.15) is 0 Å². The molecule has 102 valence electrons. The van der Waals surface area contributed by atoms with Gasteiger partial charge in [-0.15, -0.1) is 11.8 Å². The molecule has 2 rings (SSSR count). The molecular formula is C16H22N2S. The van der Waals surface area contributed by atoms with Gasteiger partial charge in [0.25, 0.3) is 0 Å². The average molecular weight is 274 g/mol. The van der Waals surface area contributed by atoms with Crippen LogP contribution in [0.25, 0.3) is 10.9 Å². The summed E-state index contributed by atoms with van der Waals surface area (Å²) < 4.78 is 0. The Morgan fingerprint density at radius 2 is 2.05 bits per heavy atom. The monoisotopic (exact) mass is 274 g/mol. The molecule has 2 aromatic rings. The fourth-order valence-corrected chi connectivity index (χ4v) is 2.93. The van der Waals surface area contributed by atoms with E-state index in [1.165, 1.54) is 17.4 Å². The van der Waals surface area contributed by atoms with Crippen molar-refractivity contribution in [3.8, 4) is 0 Å². The van der Waals surface area contributed by atoms with Crippen molar-refractivity contribution in [2.75, 3.05) is 5.75 Å². The van der Waals surface area contributed by atoms with Crippen molar-refractivity contribution in [1.29, 1.82) is 0 Å². The summed E-state index contributed by atoms with van der Waals surface area (Å²) in [6.07, 6.45) is 3.09. The second kappa shape index (κ2) is 6.92. The number of nitrogens with two attached hydrogens (primary N) is 1. The molecule has 0 fully saturated rings. The maximum absolute atomic E-state index is 6.11. The number of benzene rings is 1. The quantitative estimate of drug-likeness (QED) is 0.809. The molecule has 1 aromatic heterocycles. The predicted molar refractivity (Wildman–Crippen MR) is 84.7 cm³/mol. The third-order valence-corrected chi connectivity index (χ3v) is 4.45. The highest BCUT2D eigenvalue weighted by molar-refractivity contribution is 7.99. The number of hydrogen-bond acceptors (Lipinski definition) is 3. The van der Waals surface area contributed by atoms with Gasteiger partial charge in [-0.2, -0.15) is 0 Å². The second-order valence-corrected chi connectivity index (χ2v) is 5.95. The molecule has 0 radical (unpaired) electrons. The Morgan fingerprint density at radius 1 is 1.26 bits per heavy atom. The maximum Gasteiger partial charge on any atom is 0.1000 e. The minimum atomic E-state index is 0.226. The number of pyridine rings is 1. The summed E-state index contributed by atoms with van der Waals surface area (Å²) in [5.41, 5.74) is 8.49. The summed E-state index contributed by atoms with van der Waals surface area (Å²) >= 11 is 1.85. The molecule has 3 heteroatoms. The van der Waals surface area contributed by atoms with Crippen LogP contribution < -0.4 is 5.73 Å². The largest absolute Gasteiger partial charge is 0.327 e. The molecule has 0 aliphatic heterocycles. The van der Waals surface area contributed by atoms with Gasteiger partial charge in [-0.25, -0.2) is 4.98 Å². The van der Waals surface area contributed by atoms with Crippen LogP contribution >= 0.6 is 11.8 Å². The molecule has 2 N–H and O–H groups in total. The number of thioether (sulfide) groups is 1. The molecule has 0 bridgehead atoms. The third kappa shape index (κ3) is 3.71. The average Bonchev–Trinajstić information content (AvgIpc) is 2.44. The first-order valence-corrected chi connectivity index (χ1v) is 8.00. The Hall–Kier alpha value is -1.06. The molecule has 0 saturated heterocycles. The summed E-state index contributed by atoms with van der Waals surface area (Å²) in [6.45, 7) is 4.34. The van der Waals surface area contributed by atoms with Crippen molar-refractivity contribution >= 4 is 22.7 Å². The number of fused-ring (bicyclic) bond motifs is 1. The van der Waals surface area contributed by atoms with E-state index < -0.39 is 0 Å². The standard InChI is InChI=1S/C16H22N2S/c1-3-9-19-16-13(11-14(17)4-2)10-12-7-5-6-8-15(12)18-16/h5-8,10,14H,3-4,9,11,17H2,1-2H3. The summed E-state index contributed by atoms with van der Waals surface area (Å²) in [6, 6.07) is 10.8. The van der Waals surface area contributed by atoms with Crippen molar-refractivity contribution in [2.45, 2.75) is 44.2 Å². The first kappa shape index (κ1) is 14.4. The normalized spacial score (nSPS) is 12.8. The molecule has 0 spiro atoms. The highest BCUT2D eigenvalue weighted by Crippen LogP contribution is 2.26. The number of nitrogens with zero attached hydrogens (tertiary/aromatic N) is 1. The Bertz CT molecular complexity index is 539. The van der Waals surface area contributed by atoms with E-state index in [-0.39, 0.29) is 6.04 Å². The number of aromatic nitrogens is 1. The van der Waals surface area contributed by atoms with Crippen LogP contribution in [-0.4, -0.2) is 16.8 Å². The van der Waals surface area contributed by atoms with Gasteiger partial charge in [0.05, 0.1) is 10.5 Å². The van der Waals surface area contributed by atoms with E-state index in [1.54, 1.807) is 0 Å². The number of hydrogen-bond donors (Lipinski definition) is 1. The van der Waals surface area contributed by atoms with Crippen LogP contribution in [-0.2, 0) is 6.42 Å². The van der Waals surface area contributed by atoms with E-state index in [0.29, 0.717) is 0 Å². The second-order valence-electron chi connectivity index (χ2n) is 4.87. The molecule has 1 atom stereocenters. The van der Waals surface area contributed by atoms with Crippen LogP contribution in [0.5, 0.6) is 0 Å². The van der Waals surface area contributed by atoms with Crippen molar-refractivity contribution in [3.05, 3.63) is 35.9 Å². The summed E-state index contributed by atoms with van der Waals surface area (Å²) in [5, 5.41) is 2.37. The minimum Gasteiger partial charge on any atom is -0.327 e. The fourth-order valence-electron chi connectivity index (χ4n) is 2.04. The SMILES string of the molecule is CCCSc1nc2ccccc2cc1CC(N)CC. The van der Waals surface area contributed by atoms with Gasteiger partial charge in [0.15, 0.2) is 0 Å². The van der Waals surface area contributed by atoms with E-state index >= 15 is 0 Å². The molecule has 0 aliphatic carbocycles. The lowest BCUT2D eigenvalue weighted by Crippen LogP contribution is -2.21. The first-order chi connectivity index (χ1) is 9.24. The Labute approximate surface area is 119 Å². The zero-order valence-corrected chi connectivity index (χ0v) is 12.5. The lowest BCUT2D eigenvalue weighted by atomic mass is 10.0. The van der Waals surface area contributed by atoms with Gasteiger partial charge in [0, 0.05) is 11.4 Å². The van der Waals surface area contributed by atoms with Crippen molar-refractivity contribution in [1.82, 2.24) is 4.98 Å². The van der Waals surface area contributed by atoms with E-state index in [2.05, 4.69) is 38.1 Å². The molecule has 19 heavy (non-hydrogen) atoms. The lowest BCUT2D eigenvalue weighted by Gasteiger charge is -2.13. The van der Waals surface area contributed by atoms with Gasteiger partial charge in [-0.1, -0.05) is 32.0 Å². The summed E-state index contributed by atoms with van der Waals surface area (Å²) in [7, 11) is 0. The van der Waals surface area contributed by atoms with Gasteiger partial charge in [0.2, 0.25) is 0 Å². The minimum absolute atomic E-state index is 0.226. The zero-order chi connectivity index (χ0) is 13.7. The smallest absolute Gasteiger partial charge is 0.1000 e. The molecule has 1 aromatic carbocycles. The van der Waals surface area contributed by atoms with Crippen molar-refractivity contribution in [2.24, 2.45) is 5.73 Å². The fraction of sp³-hybridized carbons (Fsp3) is 0.438. The predicted octanol–water partition coefficient (Wildman–Crippen LogP) is 4.02. The molecule has 1 unspecified atom stereocenters. The van der Waals surface area contributed by atoms with E-state index in [0.717, 1.165) is 29.1 Å². The maximum atomic E-state index is 6.11. The van der Waals surface area contributed by atoms with Crippen LogP contribution in [0.2, 0.25) is 0 Å². The Balaban J connectivity index is 2.38. The molecule has 0 saturated carbocycles. The highest BCUT2D eigenvalue weighted by atomic mass is 32.2. The molecule has 0 amide bonds. The highest BCUT2D eigenvalue weighted by Gasteiger charge is 2.10. The van der Waals surface area contributed by atoms with Gasteiger partial charge >= 0.3 is 0 Å². The third-order valence-electron chi connectivity index (χ3n) is 3.21. The summed E-state index contributed by atoms with van der Waals surface area (Å²) in [4.78, 5) is 4.81.